The molecule has 4 rings (SSSR count). The number of nitrogens with one attached hydrogen (secondary N) is 2. The third-order valence-electron chi connectivity index (χ3n) is 4.08. The highest BCUT2D eigenvalue weighted by Crippen LogP contribution is 2.27. The molecule has 0 spiro atoms. The van der Waals surface area contributed by atoms with Crippen LogP contribution in [-0.4, -0.2) is 37.7 Å². The van der Waals surface area contributed by atoms with E-state index in [1.54, 1.807) is 12.3 Å². The Bertz CT molecular complexity index is 853. The molecule has 0 atom stereocenters. The fourth-order valence-corrected chi connectivity index (χ4v) is 3.19. The summed E-state index contributed by atoms with van der Waals surface area (Å²) in [6, 6.07) is 3.60. The number of hydrogen-bond acceptors (Lipinski definition) is 3. The van der Waals surface area contributed by atoms with Gasteiger partial charge in [-0.3, -0.25) is 15.0 Å². The minimum atomic E-state index is -0.0751. The fourth-order valence-electron chi connectivity index (χ4n) is 2.95. The van der Waals surface area contributed by atoms with Crippen LogP contribution in [0.25, 0.3) is 10.9 Å². The van der Waals surface area contributed by atoms with Crippen LogP contribution in [0.15, 0.2) is 24.5 Å². The van der Waals surface area contributed by atoms with Gasteiger partial charge in [-0.25, -0.2) is 0 Å². The first-order valence-electron chi connectivity index (χ1n) is 7.16. The summed E-state index contributed by atoms with van der Waals surface area (Å²) in [5.41, 5.74) is 3.29. The highest BCUT2D eigenvalue weighted by atomic mass is 35.5. The summed E-state index contributed by atoms with van der Waals surface area (Å²) in [6.07, 6.45) is 5.32. The molecule has 2 aromatic heterocycles. The number of hydrogen-bond donors (Lipinski definition) is 2. The number of fused-ring (bicyclic) bond motifs is 2. The minimum Gasteiger partial charge on any atom is -0.334 e. The Morgan fingerprint density at radius 2 is 2.27 bits per heavy atom. The van der Waals surface area contributed by atoms with E-state index in [4.69, 9.17) is 11.6 Å². The summed E-state index contributed by atoms with van der Waals surface area (Å²) in [4.78, 5) is 14.8. The summed E-state index contributed by atoms with van der Waals surface area (Å²) < 4.78 is 0. The molecule has 1 amide bonds. The van der Waals surface area contributed by atoms with Crippen molar-refractivity contribution in [3.05, 3.63) is 46.4 Å². The number of carbonyl (C=O) groups is 1. The predicted octanol–water partition coefficient (Wildman–Crippen LogP) is 2.53. The van der Waals surface area contributed by atoms with Gasteiger partial charge in [0.15, 0.2) is 0 Å². The van der Waals surface area contributed by atoms with Crippen molar-refractivity contribution in [3.8, 4) is 0 Å². The molecule has 22 heavy (non-hydrogen) atoms. The molecule has 1 aliphatic rings. The quantitative estimate of drug-likeness (QED) is 0.724. The van der Waals surface area contributed by atoms with Gasteiger partial charge in [0.25, 0.3) is 5.91 Å². The minimum absolute atomic E-state index is 0.0751. The van der Waals surface area contributed by atoms with Crippen LogP contribution < -0.4 is 0 Å². The SMILES string of the molecule is O=C(c1c(Cl)ccc2cn[nH]c12)N1CCCc2n[nH]cc2C1. The van der Waals surface area contributed by atoms with E-state index < -0.39 is 0 Å². The highest BCUT2D eigenvalue weighted by Gasteiger charge is 2.25. The van der Waals surface area contributed by atoms with Gasteiger partial charge >= 0.3 is 0 Å². The maximum absolute atomic E-state index is 13.0. The largest absolute Gasteiger partial charge is 0.334 e. The molecule has 0 fully saturated rings. The normalized spacial score (nSPS) is 14.9. The molecule has 0 unspecified atom stereocenters. The standard InChI is InChI=1S/C15H14ClN5O/c16-11-4-3-9-6-18-20-14(9)13(11)15(22)21-5-1-2-12-10(8-21)7-17-19-12/h3-4,6-7H,1-2,5,8H2,(H,17,19)(H,18,20). The molecular weight excluding hydrogens is 302 g/mol. The summed E-state index contributed by atoms with van der Waals surface area (Å²) in [6.45, 7) is 1.24. The van der Waals surface area contributed by atoms with E-state index in [2.05, 4.69) is 20.4 Å². The molecule has 112 valence electrons. The number of aromatic amines is 2. The molecule has 3 aromatic rings. The Hall–Kier alpha value is -2.34. The van der Waals surface area contributed by atoms with Crippen molar-refractivity contribution in [3.63, 3.8) is 0 Å². The Balaban J connectivity index is 1.74. The Morgan fingerprint density at radius 3 is 3.18 bits per heavy atom. The second kappa shape index (κ2) is 5.14. The number of benzene rings is 1. The Morgan fingerprint density at radius 1 is 1.36 bits per heavy atom. The number of aryl methyl sites for hydroxylation is 1. The molecule has 6 nitrogen and oxygen atoms in total. The second-order valence-electron chi connectivity index (χ2n) is 5.44. The van der Waals surface area contributed by atoms with Crippen molar-refractivity contribution >= 4 is 28.4 Å². The smallest absolute Gasteiger partial charge is 0.257 e. The van der Waals surface area contributed by atoms with E-state index in [1.165, 1.54) is 0 Å². The third kappa shape index (κ3) is 2.07. The molecular formula is C15H14ClN5O. The number of amides is 1. The molecule has 0 radical (unpaired) electrons. The summed E-state index contributed by atoms with van der Waals surface area (Å²) in [7, 11) is 0. The topological polar surface area (TPSA) is 77.7 Å². The monoisotopic (exact) mass is 315 g/mol. The molecule has 0 saturated carbocycles. The molecule has 3 heterocycles. The number of rotatable bonds is 1. The lowest BCUT2D eigenvalue weighted by molar-refractivity contribution is 0.0748. The number of carbonyl (C=O) groups excluding carboxylic acids is 1. The van der Waals surface area contributed by atoms with E-state index in [1.807, 2.05) is 17.2 Å². The van der Waals surface area contributed by atoms with Gasteiger partial charge in [0.05, 0.1) is 28.0 Å². The van der Waals surface area contributed by atoms with Gasteiger partial charge in [-0.2, -0.15) is 10.2 Å². The molecule has 2 N–H and O–H groups in total. The van der Waals surface area contributed by atoms with Crippen molar-refractivity contribution in [1.29, 1.82) is 0 Å². The summed E-state index contributed by atoms with van der Waals surface area (Å²) in [5.74, 6) is -0.0751. The van der Waals surface area contributed by atoms with E-state index >= 15 is 0 Å². The van der Waals surface area contributed by atoms with Crippen LogP contribution in [0, 0.1) is 0 Å². The zero-order valence-corrected chi connectivity index (χ0v) is 12.5. The van der Waals surface area contributed by atoms with Crippen LogP contribution in [0.2, 0.25) is 5.02 Å². The van der Waals surface area contributed by atoms with Crippen LogP contribution in [0.4, 0.5) is 0 Å². The maximum Gasteiger partial charge on any atom is 0.257 e. The van der Waals surface area contributed by atoms with Crippen LogP contribution in [0.5, 0.6) is 0 Å². The number of H-pyrrole nitrogens is 2. The fraction of sp³-hybridized carbons (Fsp3) is 0.267. The zero-order chi connectivity index (χ0) is 15.1. The summed E-state index contributed by atoms with van der Waals surface area (Å²) >= 11 is 6.28. The van der Waals surface area contributed by atoms with E-state index in [0.717, 1.165) is 29.5 Å². The van der Waals surface area contributed by atoms with Crippen LogP contribution in [0.3, 0.4) is 0 Å². The molecule has 7 heteroatoms. The zero-order valence-electron chi connectivity index (χ0n) is 11.8. The first-order chi connectivity index (χ1) is 10.7. The summed E-state index contributed by atoms with van der Waals surface area (Å²) in [5, 5.41) is 15.3. The third-order valence-corrected chi connectivity index (χ3v) is 4.39. The van der Waals surface area contributed by atoms with Gasteiger partial charge in [-0.15, -0.1) is 0 Å². The molecule has 0 bridgehead atoms. The van der Waals surface area contributed by atoms with Crippen LogP contribution >= 0.6 is 11.6 Å². The number of aromatic nitrogens is 4. The highest BCUT2D eigenvalue weighted by molar-refractivity contribution is 6.35. The second-order valence-corrected chi connectivity index (χ2v) is 5.85. The van der Waals surface area contributed by atoms with Gasteiger partial charge in [0.2, 0.25) is 0 Å². The molecule has 0 aliphatic carbocycles. The van der Waals surface area contributed by atoms with Crippen molar-refractivity contribution < 1.29 is 4.79 Å². The van der Waals surface area contributed by atoms with Gasteiger partial charge in [0, 0.05) is 30.2 Å². The van der Waals surface area contributed by atoms with Crippen LogP contribution in [-0.2, 0) is 13.0 Å². The lowest BCUT2D eigenvalue weighted by atomic mass is 10.1. The van der Waals surface area contributed by atoms with Crippen molar-refractivity contribution in [2.75, 3.05) is 6.54 Å². The molecule has 0 saturated heterocycles. The van der Waals surface area contributed by atoms with Crippen molar-refractivity contribution in [1.82, 2.24) is 25.3 Å². The average molecular weight is 316 g/mol. The Labute approximate surface area is 131 Å². The van der Waals surface area contributed by atoms with Gasteiger partial charge in [0.1, 0.15) is 0 Å². The molecule has 1 aliphatic heterocycles. The van der Waals surface area contributed by atoms with Gasteiger partial charge in [-0.05, 0) is 25.0 Å². The van der Waals surface area contributed by atoms with E-state index in [9.17, 15) is 4.79 Å². The molecule has 1 aromatic carbocycles. The lowest BCUT2D eigenvalue weighted by Gasteiger charge is -2.21. The lowest BCUT2D eigenvalue weighted by Crippen LogP contribution is -2.31. The number of nitrogens with zero attached hydrogens (tertiary/aromatic N) is 3. The maximum atomic E-state index is 13.0. The van der Waals surface area contributed by atoms with Crippen molar-refractivity contribution in [2.24, 2.45) is 0 Å². The van der Waals surface area contributed by atoms with E-state index in [0.29, 0.717) is 29.2 Å². The predicted molar refractivity (Wildman–Crippen MR) is 82.8 cm³/mol. The first kappa shape index (κ1) is 13.3. The van der Waals surface area contributed by atoms with Gasteiger partial charge in [-0.1, -0.05) is 11.6 Å². The number of halogens is 1. The van der Waals surface area contributed by atoms with E-state index in [-0.39, 0.29) is 5.91 Å². The first-order valence-corrected chi connectivity index (χ1v) is 7.54. The van der Waals surface area contributed by atoms with Crippen LogP contribution in [0.1, 0.15) is 28.0 Å². The average Bonchev–Trinajstić information content (AvgIpc) is 3.11. The Kier molecular flexibility index (Phi) is 3.11. The van der Waals surface area contributed by atoms with Gasteiger partial charge < -0.3 is 4.90 Å². The van der Waals surface area contributed by atoms with Crippen molar-refractivity contribution in [2.45, 2.75) is 19.4 Å².